The molecule has 6 heavy (non-hydrogen) atoms. The van der Waals surface area contributed by atoms with Gasteiger partial charge in [0.1, 0.15) is 0 Å². The van der Waals surface area contributed by atoms with Crippen molar-refractivity contribution < 1.29 is 33.3 Å². The highest BCUT2D eigenvalue weighted by Gasteiger charge is 1.95. The third kappa shape index (κ3) is 4.16. The Labute approximate surface area is 46.7 Å². The van der Waals surface area contributed by atoms with Crippen LogP contribution in [0.4, 0.5) is 0 Å². The van der Waals surface area contributed by atoms with E-state index in [1.165, 1.54) is 6.92 Å². The molecule has 0 bridgehead atoms. The van der Waals surface area contributed by atoms with Crippen LogP contribution in [-0.2, 0) is 7.86 Å². The molecule has 0 aromatic heterocycles. The highest BCUT2D eigenvalue weighted by atomic mass is 127. The Morgan fingerprint density at radius 2 is 2.50 bits per heavy atom. The quantitative estimate of drug-likeness (QED) is 0.405. The zero-order valence-electron chi connectivity index (χ0n) is 3.10. The van der Waals surface area contributed by atoms with Gasteiger partial charge in [0, 0.05) is 6.92 Å². The Hall–Kier alpha value is 0.160. The molecule has 0 radical (unpaired) electrons. The van der Waals surface area contributed by atoms with Gasteiger partial charge in [-0.1, -0.05) is 0 Å². The van der Waals surface area contributed by atoms with Crippen LogP contribution in [0.2, 0.25) is 0 Å². The lowest BCUT2D eigenvalue weighted by Crippen LogP contribution is -3.70. The molecule has 0 fully saturated rings. The van der Waals surface area contributed by atoms with E-state index in [1.807, 2.05) is 0 Å². The lowest BCUT2D eigenvalue weighted by atomic mass is 10.9. The third-order valence-corrected chi connectivity index (χ3v) is 0.940. The second-order valence-corrected chi connectivity index (χ2v) is 1.43. The summed E-state index contributed by atoms with van der Waals surface area (Å²) < 4.78 is 13.4. The molecule has 0 atom stereocenters. The van der Waals surface area contributed by atoms with Gasteiger partial charge in [-0.3, -0.25) is 0 Å². The van der Waals surface area contributed by atoms with E-state index in [9.17, 15) is 8.23 Å². The van der Waals surface area contributed by atoms with Crippen LogP contribution in [0.1, 0.15) is 6.92 Å². The van der Waals surface area contributed by atoms with E-state index in [0.29, 0.717) is 0 Å². The summed E-state index contributed by atoms with van der Waals surface area (Å²) in [6.45, 7) is 1.22. The largest absolute Gasteiger partial charge is 0.558 e. The zero-order chi connectivity index (χ0) is 4.99. The van der Waals surface area contributed by atoms with Crippen LogP contribution in [-0.4, -0.2) is 5.97 Å². The standard InChI is InChI=1S/C2H3IO3/c1-2(4)6-3-5/h1H3. The smallest absolute Gasteiger partial charge is 0.517 e. The van der Waals surface area contributed by atoms with E-state index in [4.69, 9.17) is 0 Å². The maximum atomic E-state index is 9.65. The van der Waals surface area contributed by atoms with Gasteiger partial charge in [0.2, 0.25) is 0 Å². The minimum Gasteiger partial charge on any atom is -0.558 e. The topological polar surface area (TPSA) is 49.4 Å². The van der Waals surface area contributed by atoms with Crippen LogP contribution in [0.15, 0.2) is 0 Å². The lowest BCUT2D eigenvalue weighted by Gasteiger charge is -1.74. The summed E-state index contributed by atoms with van der Waals surface area (Å²) in [6.07, 6.45) is 0. The SMILES string of the molecule is CC(=O)O[I+][O-]. The molecule has 0 unspecified atom stereocenters. The molecular weight excluding hydrogens is 199 g/mol. The van der Waals surface area contributed by atoms with Crippen LogP contribution in [0.3, 0.4) is 0 Å². The maximum absolute atomic E-state index is 9.65. The van der Waals surface area contributed by atoms with E-state index in [2.05, 4.69) is 3.07 Å². The number of rotatable bonds is 1. The molecule has 0 rings (SSSR count). The highest BCUT2D eigenvalue weighted by molar-refractivity contribution is 5.64. The Balaban J connectivity index is 2.83. The summed E-state index contributed by atoms with van der Waals surface area (Å²) in [7, 11) is 0. The van der Waals surface area contributed by atoms with Crippen LogP contribution >= 0.6 is 0 Å². The molecule has 36 valence electrons. The van der Waals surface area contributed by atoms with Crippen molar-refractivity contribution in [1.82, 2.24) is 0 Å². The van der Waals surface area contributed by atoms with E-state index < -0.39 is 28.0 Å². The van der Waals surface area contributed by atoms with Crippen LogP contribution in [0, 0.1) is 0 Å². The Bertz CT molecular complexity index is 52.8. The summed E-state index contributed by atoms with van der Waals surface area (Å²) in [5.41, 5.74) is 0. The molecule has 3 nitrogen and oxygen atoms in total. The first-order chi connectivity index (χ1) is 2.77. The first-order valence-corrected chi connectivity index (χ1v) is 2.98. The van der Waals surface area contributed by atoms with Crippen molar-refractivity contribution in [3.05, 3.63) is 0 Å². The molecule has 0 aromatic carbocycles. The molecule has 0 aliphatic rings. The second-order valence-electron chi connectivity index (χ2n) is 0.632. The molecule has 0 heterocycles. The van der Waals surface area contributed by atoms with Gasteiger partial charge in [-0.2, -0.15) is 0 Å². The van der Waals surface area contributed by atoms with Gasteiger partial charge >= 0.3 is 28.0 Å². The molecule has 0 aliphatic heterocycles. The van der Waals surface area contributed by atoms with Crippen molar-refractivity contribution in [1.29, 1.82) is 0 Å². The number of hydrogen-bond donors (Lipinski definition) is 0. The van der Waals surface area contributed by atoms with Gasteiger partial charge < -0.3 is 3.44 Å². The maximum Gasteiger partial charge on any atom is 0.517 e. The second kappa shape index (κ2) is 3.35. The van der Waals surface area contributed by atoms with Crippen molar-refractivity contribution in [3.63, 3.8) is 0 Å². The summed E-state index contributed by atoms with van der Waals surface area (Å²) >= 11 is -1.53. The van der Waals surface area contributed by atoms with Gasteiger partial charge in [-0.15, -0.1) is 0 Å². The Kier molecular flexibility index (Phi) is 3.44. The number of hydrogen-bond acceptors (Lipinski definition) is 3. The van der Waals surface area contributed by atoms with Crippen molar-refractivity contribution in [3.8, 4) is 0 Å². The summed E-state index contributed by atoms with van der Waals surface area (Å²) in [5.74, 6) is -0.474. The lowest BCUT2D eigenvalue weighted by molar-refractivity contribution is -1.26. The van der Waals surface area contributed by atoms with E-state index >= 15 is 0 Å². The van der Waals surface area contributed by atoms with E-state index in [1.54, 1.807) is 0 Å². The molecule has 0 spiro atoms. The number of carbonyl (C=O) groups is 1. The fraction of sp³-hybridized carbons (Fsp3) is 0.500. The van der Waals surface area contributed by atoms with Crippen molar-refractivity contribution >= 4 is 5.97 Å². The molecule has 0 aromatic rings. The number of halogens is 1. The predicted octanol–water partition coefficient (Wildman–Crippen LogP) is -4.17. The molecule has 0 saturated heterocycles. The molecule has 0 aliphatic carbocycles. The fourth-order valence-corrected chi connectivity index (χ4v) is 0.298. The molecule has 0 amide bonds. The van der Waals surface area contributed by atoms with Gasteiger partial charge in [0.25, 0.3) is 0 Å². The monoisotopic (exact) mass is 202 g/mol. The summed E-state index contributed by atoms with van der Waals surface area (Å²) in [4.78, 5) is 9.65. The fourth-order valence-electron chi connectivity index (χ4n) is 0.0444. The van der Waals surface area contributed by atoms with Crippen LogP contribution in [0.25, 0.3) is 0 Å². The average molecular weight is 202 g/mol. The molecule has 0 saturated carbocycles. The summed E-state index contributed by atoms with van der Waals surface area (Å²) in [5, 5.41) is 0. The number of carbonyl (C=O) groups excluding carboxylic acids is 1. The first-order valence-electron chi connectivity index (χ1n) is 1.22. The molecule has 4 heteroatoms. The minimum absolute atomic E-state index is 0.474. The average Bonchev–Trinajstić information content (AvgIpc) is 1.35. The normalized spacial score (nSPS) is 7.67. The summed E-state index contributed by atoms with van der Waals surface area (Å²) in [6, 6.07) is 0. The van der Waals surface area contributed by atoms with Crippen molar-refractivity contribution in [2.45, 2.75) is 6.92 Å². The highest BCUT2D eigenvalue weighted by Crippen LogP contribution is 1.51. The zero-order valence-corrected chi connectivity index (χ0v) is 5.26. The van der Waals surface area contributed by atoms with E-state index in [-0.39, 0.29) is 0 Å². The van der Waals surface area contributed by atoms with Crippen LogP contribution in [0.5, 0.6) is 0 Å². The predicted molar refractivity (Wildman–Crippen MR) is 11.8 cm³/mol. The van der Waals surface area contributed by atoms with Crippen molar-refractivity contribution in [2.75, 3.05) is 0 Å². The molecular formula is C2H3IO3. The van der Waals surface area contributed by atoms with Gasteiger partial charge in [0.15, 0.2) is 0 Å². The third-order valence-electron chi connectivity index (χ3n) is 0.140. The minimum atomic E-state index is -1.53. The van der Waals surface area contributed by atoms with Gasteiger partial charge in [-0.05, 0) is 0 Å². The van der Waals surface area contributed by atoms with Crippen LogP contribution < -0.4 is 25.5 Å². The first kappa shape index (κ1) is 6.16. The van der Waals surface area contributed by atoms with Gasteiger partial charge in [-0.25, -0.2) is 7.86 Å². The Morgan fingerprint density at radius 3 is 2.50 bits per heavy atom. The Morgan fingerprint density at radius 1 is 2.00 bits per heavy atom. The van der Waals surface area contributed by atoms with Crippen molar-refractivity contribution in [2.24, 2.45) is 0 Å². The van der Waals surface area contributed by atoms with Gasteiger partial charge in [0.05, 0.1) is 0 Å². The molecule has 0 N–H and O–H groups in total. The van der Waals surface area contributed by atoms with E-state index in [0.717, 1.165) is 0 Å².